The maximum absolute atomic E-state index is 14.5. The third-order valence-corrected chi connectivity index (χ3v) is 10.2. The minimum atomic E-state index is 0.00398. The van der Waals surface area contributed by atoms with E-state index in [0.29, 0.717) is 22.6 Å². The van der Waals surface area contributed by atoms with Gasteiger partial charge in [0.25, 0.3) is 5.91 Å². The Hall–Kier alpha value is -2.87. The van der Waals surface area contributed by atoms with Gasteiger partial charge in [-0.3, -0.25) is 4.79 Å². The summed E-state index contributed by atoms with van der Waals surface area (Å²) in [6, 6.07) is 21.4. The molecule has 2 N–H and O–H groups in total. The monoisotopic (exact) mass is 632 g/mol. The Morgan fingerprint density at radius 1 is 0.977 bits per heavy atom. The first-order valence-electron chi connectivity index (χ1n) is 15.7. The first-order chi connectivity index (χ1) is 21.3. The zero-order chi connectivity index (χ0) is 30.8. The lowest BCUT2D eigenvalue weighted by Gasteiger charge is -2.41. The van der Waals surface area contributed by atoms with Crippen LogP contribution in [0.2, 0.25) is 10.0 Å². The van der Waals surface area contributed by atoms with Gasteiger partial charge in [0.15, 0.2) is 0 Å². The zero-order valence-electron chi connectivity index (χ0n) is 25.8. The van der Waals surface area contributed by atoms with Crippen molar-refractivity contribution in [1.82, 2.24) is 20.4 Å². The molecule has 3 aliphatic rings. The van der Waals surface area contributed by atoms with Gasteiger partial charge in [0, 0.05) is 50.4 Å². The number of benzene rings is 3. The topological polar surface area (TPSA) is 56.8 Å². The molecule has 1 amide bonds. The van der Waals surface area contributed by atoms with E-state index in [2.05, 4.69) is 64.7 Å². The largest absolute Gasteiger partial charge is 0.496 e. The van der Waals surface area contributed by atoms with Crippen molar-refractivity contribution in [1.29, 1.82) is 0 Å². The molecule has 3 aromatic rings. The van der Waals surface area contributed by atoms with E-state index in [-0.39, 0.29) is 18.0 Å². The van der Waals surface area contributed by atoms with Crippen LogP contribution in [0.3, 0.4) is 0 Å². The Kier molecular flexibility index (Phi) is 9.65. The molecule has 8 heteroatoms. The number of nitrogens with one attached hydrogen (secondary N) is 2. The van der Waals surface area contributed by atoms with Crippen LogP contribution in [0, 0.1) is 6.92 Å². The summed E-state index contributed by atoms with van der Waals surface area (Å²) in [5.74, 6) is 1.03. The number of nitrogens with zero attached hydrogens (tertiary/aromatic N) is 2. The first kappa shape index (κ1) is 31.1. The van der Waals surface area contributed by atoms with Crippen molar-refractivity contribution in [3.63, 3.8) is 0 Å². The fourth-order valence-corrected chi connectivity index (χ4v) is 7.00. The average Bonchev–Trinajstić information content (AvgIpc) is 3.87. The third kappa shape index (κ3) is 6.85. The van der Waals surface area contributed by atoms with E-state index in [1.807, 2.05) is 30.3 Å². The van der Waals surface area contributed by atoms with Gasteiger partial charge in [-0.25, -0.2) is 0 Å². The Bertz CT molecular complexity index is 1540. The van der Waals surface area contributed by atoms with Gasteiger partial charge in [-0.15, -0.1) is 0 Å². The van der Waals surface area contributed by atoms with Crippen molar-refractivity contribution < 1.29 is 9.53 Å². The zero-order valence-corrected chi connectivity index (χ0v) is 27.3. The minimum absolute atomic E-state index is 0.00398. The Labute approximate surface area is 271 Å². The molecule has 1 saturated carbocycles. The van der Waals surface area contributed by atoms with Crippen LogP contribution in [-0.2, 0) is 24.3 Å². The minimum Gasteiger partial charge on any atom is -0.496 e. The van der Waals surface area contributed by atoms with Crippen LogP contribution in [0.4, 0.5) is 0 Å². The maximum atomic E-state index is 14.5. The van der Waals surface area contributed by atoms with Crippen molar-refractivity contribution >= 4 is 34.7 Å². The predicted molar refractivity (Wildman–Crippen MR) is 179 cm³/mol. The van der Waals surface area contributed by atoms with E-state index in [1.165, 1.54) is 11.1 Å². The second-order valence-electron chi connectivity index (χ2n) is 12.5. The van der Waals surface area contributed by atoms with Crippen LogP contribution in [0.25, 0.3) is 5.57 Å². The average molecular weight is 634 g/mol. The van der Waals surface area contributed by atoms with E-state index in [1.54, 1.807) is 7.11 Å². The third-order valence-electron chi connectivity index (χ3n) is 9.29. The molecule has 0 radical (unpaired) electrons. The Morgan fingerprint density at radius 3 is 2.48 bits per heavy atom. The summed E-state index contributed by atoms with van der Waals surface area (Å²) in [6.45, 7) is 6.00. The van der Waals surface area contributed by atoms with Crippen LogP contribution >= 0.6 is 23.2 Å². The summed E-state index contributed by atoms with van der Waals surface area (Å²) in [4.78, 5) is 18.9. The number of likely N-dealkylation sites (N-methyl/N-ethyl adjacent to an activating group) is 1. The molecule has 3 aromatic carbocycles. The summed E-state index contributed by atoms with van der Waals surface area (Å²) in [5, 5.41) is 8.53. The van der Waals surface area contributed by atoms with Crippen LogP contribution in [0.15, 0.2) is 66.2 Å². The number of ether oxygens (including phenoxy) is 1. The summed E-state index contributed by atoms with van der Waals surface area (Å²) in [7, 11) is 3.81. The quantitative estimate of drug-likeness (QED) is 0.261. The summed E-state index contributed by atoms with van der Waals surface area (Å²) in [5.41, 5.74) is 7.82. The van der Waals surface area contributed by atoms with Crippen LogP contribution in [0.5, 0.6) is 5.75 Å². The van der Waals surface area contributed by atoms with Gasteiger partial charge in [-0.1, -0.05) is 71.7 Å². The van der Waals surface area contributed by atoms with Gasteiger partial charge in [-0.2, -0.15) is 0 Å². The molecule has 0 spiro atoms. The molecule has 6 rings (SSSR count). The van der Waals surface area contributed by atoms with Gasteiger partial charge >= 0.3 is 0 Å². The fourth-order valence-electron chi connectivity index (χ4n) is 6.62. The highest BCUT2D eigenvalue weighted by Gasteiger charge is 2.41. The van der Waals surface area contributed by atoms with E-state index in [9.17, 15) is 4.79 Å². The predicted octanol–water partition coefficient (Wildman–Crippen LogP) is 6.26. The molecule has 0 unspecified atom stereocenters. The molecule has 232 valence electrons. The van der Waals surface area contributed by atoms with Crippen molar-refractivity contribution in [2.45, 2.75) is 63.8 Å². The number of methoxy groups -OCH3 is 1. The number of rotatable bonds is 11. The first-order valence-corrected chi connectivity index (χ1v) is 16.4. The SMILES string of the molecule is COc1cccc(CN(C(=O)C2=C(c3ccc(CCN(C)Cc4cccc(Cl)c4Cl)cc3)C[C@H]3CNC[C@H]2N3)C2CC2)c1C. The number of carbonyl (C=O) groups excluding carboxylic acids is 1. The number of amides is 1. The molecular weight excluding hydrogens is 591 g/mol. The van der Waals surface area contributed by atoms with Crippen molar-refractivity contribution in [2.75, 3.05) is 33.8 Å². The molecule has 6 nitrogen and oxygen atoms in total. The van der Waals surface area contributed by atoms with Gasteiger partial charge in [0.2, 0.25) is 0 Å². The molecule has 0 aromatic heterocycles. The van der Waals surface area contributed by atoms with E-state index in [4.69, 9.17) is 27.9 Å². The molecule has 1 aliphatic carbocycles. The van der Waals surface area contributed by atoms with Crippen molar-refractivity contribution in [2.24, 2.45) is 0 Å². The van der Waals surface area contributed by atoms with Gasteiger partial charge in [0.05, 0.1) is 23.2 Å². The van der Waals surface area contributed by atoms with Crippen molar-refractivity contribution in [3.8, 4) is 5.75 Å². The molecule has 2 bridgehead atoms. The fraction of sp³-hybridized carbons (Fsp3) is 0.417. The van der Waals surface area contributed by atoms with Gasteiger partial charge < -0.3 is 25.2 Å². The van der Waals surface area contributed by atoms with E-state index >= 15 is 0 Å². The molecule has 2 heterocycles. The maximum Gasteiger partial charge on any atom is 0.252 e. The number of fused-ring (bicyclic) bond motifs is 2. The Balaban J connectivity index is 1.22. The van der Waals surface area contributed by atoms with Gasteiger partial charge in [0.1, 0.15) is 5.75 Å². The Morgan fingerprint density at radius 2 is 1.73 bits per heavy atom. The molecule has 2 atom stereocenters. The number of halogens is 2. The lowest BCUT2D eigenvalue weighted by molar-refractivity contribution is -0.128. The van der Waals surface area contributed by atoms with Crippen LogP contribution in [0.1, 0.15) is 47.1 Å². The molecule has 44 heavy (non-hydrogen) atoms. The molecule has 2 fully saturated rings. The summed E-state index contributed by atoms with van der Waals surface area (Å²) < 4.78 is 5.58. The molecular formula is C36H42Cl2N4O2. The summed E-state index contributed by atoms with van der Waals surface area (Å²) in [6.07, 6.45) is 3.88. The van der Waals surface area contributed by atoms with Gasteiger partial charge in [-0.05, 0) is 85.2 Å². The number of hydrogen-bond donors (Lipinski definition) is 2. The normalized spacial score (nSPS) is 19.8. The second kappa shape index (κ2) is 13.6. The van der Waals surface area contributed by atoms with E-state index < -0.39 is 0 Å². The standard InChI is InChI=1S/C36H42Cl2N4O2/c1-23-26(6-5-9-33(23)44-3)22-42(29-14-15-29)36(43)34-30(18-28-19-39-20-32(34)40-28)25-12-10-24(11-13-25)16-17-41(2)21-27-7-4-8-31(37)35(27)38/h4-13,28-29,32,39-40H,14-22H2,1-3H3/t28-,32+/m0/s1. The van der Waals surface area contributed by atoms with Crippen LogP contribution in [-0.4, -0.2) is 67.6 Å². The lowest BCUT2D eigenvalue weighted by Crippen LogP contribution is -2.60. The number of piperazine rings is 1. The molecule has 1 saturated heterocycles. The van der Waals surface area contributed by atoms with Crippen LogP contribution < -0.4 is 15.4 Å². The highest BCUT2D eigenvalue weighted by Crippen LogP contribution is 2.37. The van der Waals surface area contributed by atoms with Crippen molar-refractivity contribution in [3.05, 3.63) is 104 Å². The second-order valence-corrected chi connectivity index (χ2v) is 13.3. The lowest BCUT2D eigenvalue weighted by atomic mass is 9.83. The number of hydrogen-bond acceptors (Lipinski definition) is 5. The smallest absolute Gasteiger partial charge is 0.252 e. The summed E-state index contributed by atoms with van der Waals surface area (Å²) >= 11 is 12.6. The number of carbonyl (C=O) groups is 1. The molecule has 2 aliphatic heterocycles. The van der Waals surface area contributed by atoms with E-state index in [0.717, 1.165) is 85.4 Å². The highest BCUT2D eigenvalue weighted by molar-refractivity contribution is 6.42. The highest BCUT2D eigenvalue weighted by atomic mass is 35.5.